The highest BCUT2D eigenvalue weighted by Gasteiger charge is 2.30. The molecule has 2 fully saturated rings. The lowest BCUT2D eigenvalue weighted by Gasteiger charge is -2.37. The van der Waals surface area contributed by atoms with Gasteiger partial charge in [-0.15, -0.1) is 0 Å². The Morgan fingerprint density at radius 3 is 2.25 bits per heavy atom. The van der Waals surface area contributed by atoms with E-state index in [1.54, 1.807) is 0 Å². The van der Waals surface area contributed by atoms with Gasteiger partial charge in [0.1, 0.15) is 0 Å². The highest BCUT2D eigenvalue weighted by molar-refractivity contribution is 4.80. The number of ether oxygens (including phenoxy) is 1. The summed E-state index contributed by atoms with van der Waals surface area (Å²) in [5.41, 5.74) is 5.85. The van der Waals surface area contributed by atoms with Gasteiger partial charge in [0, 0.05) is 0 Å². The first-order valence-electron chi connectivity index (χ1n) is 7.16. The number of hydrogen-bond acceptors (Lipinski definition) is 2. The molecule has 2 N–H and O–H groups in total. The van der Waals surface area contributed by atoms with Crippen molar-refractivity contribution in [3.63, 3.8) is 0 Å². The topological polar surface area (TPSA) is 35.2 Å². The lowest BCUT2D eigenvalue weighted by molar-refractivity contribution is -0.0900. The van der Waals surface area contributed by atoms with Gasteiger partial charge in [-0.25, -0.2) is 0 Å². The SMILES string of the molecule is CC1CCCCC1OC1CCCCC1CN. The van der Waals surface area contributed by atoms with E-state index in [1.165, 1.54) is 51.4 Å². The maximum atomic E-state index is 6.37. The van der Waals surface area contributed by atoms with Crippen LogP contribution in [0.2, 0.25) is 0 Å². The molecule has 2 rings (SSSR count). The van der Waals surface area contributed by atoms with Crippen molar-refractivity contribution in [3.8, 4) is 0 Å². The second kappa shape index (κ2) is 6.02. The van der Waals surface area contributed by atoms with E-state index in [4.69, 9.17) is 10.5 Å². The number of nitrogens with two attached hydrogens (primary N) is 1. The predicted molar refractivity (Wildman–Crippen MR) is 67.3 cm³/mol. The van der Waals surface area contributed by atoms with E-state index in [0.717, 1.165) is 12.5 Å². The molecule has 2 aliphatic rings. The summed E-state index contributed by atoms with van der Waals surface area (Å²) in [7, 11) is 0. The molecule has 16 heavy (non-hydrogen) atoms. The van der Waals surface area contributed by atoms with Gasteiger partial charge >= 0.3 is 0 Å². The van der Waals surface area contributed by atoms with E-state index in [2.05, 4.69) is 6.92 Å². The van der Waals surface area contributed by atoms with E-state index in [9.17, 15) is 0 Å². The fourth-order valence-corrected chi connectivity index (χ4v) is 3.33. The van der Waals surface area contributed by atoms with Gasteiger partial charge < -0.3 is 10.5 Å². The summed E-state index contributed by atoms with van der Waals surface area (Å²) in [6.45, 7) is 3.16. The molecule has 4 unspecified atom stereocenters. The van der Waals surface area contributed by atoms with Gasteiger partial charge in [-0.1, -0.05) is 32.6 Å². The Kier molecular flexibility index (Phi) is 4.66. The zero-order chi connectivity index (χ0) is 11.4. The van der Waals surface area contributed by atoms with E-state index < -0.39 is 0 Å². The van der Waals surface area contributed by atoms with Crippen LogP contribution in [0.5, 0.6) is 0 Å². The Morgan fingerprint density at radius 2 is 1.56 bits per heavy atom. The lowest BCUT2D eigenvalue weighted by Crippen LogP contribution is -2.38. The van der Waals surface area contributed by atoms with E-state index in [0.29, 0.717) is 18.1 Å². The summed E-state index contributed by atoms with van der Waals surface area (Å²) in [5.74, 6) is 1.39. The van der Waals surface area contributed by atoms with Gasteiger partial charge in [0.15, 0.2) is 0 Å². The summed E-state index contributed by atoms with van der Waals surface area (Å²) < 4.78 is 6.37. The van der Waals surface area contributed by atoms with Crippen LogP contribution in [-0.2, 0) is 4.74 Å². The zero-order valence-corrected chi connectivity index (χ0v) is 10.7. The lowest BCUT2D eigenvalue weighted by atomic mass is 9.84. The highest BCUT2D eigenvalue weighted by atomic mass is 16.5. The van der Waals surface area contributed by atoms with Crippen LogP contribution in [-0.4, -0.2) is 18.8 Å². The summed E-state index contributed by atoms with van der Waals surface area (Å²) in [4.78, 5) is 0. The van der Waals surface area contributed by atoms with Crippen molar-refractivity contribution in [3.05, 3.63) is 0 Å². The van der Waals surface area contributed by atoms with Gasteiger partial charge in [-0.2, -0.15) is 0 Å². The molecule has 2 saturated carbocycles. The molecule has 0 aromatic rings. The molecule has 0 saturated heterocycles. The first kappa shape index (κ1) is 12.4. The molecule has 94 valence electrons. The Bertz CT molecular complexity index is 207. The van der Waals surface area contributed by atoms with Crippen LogP contribution in [0.15, 0.2) is 0 Å². The Hall–Kier alpha value is -0.0800. The van der Waals surface area contributed by atoms with Crippen molar-refractivity contribution in [2.45, 2.75) is 70.5 Å². The molecule has 2 nitrogen and oxygen atoms in total. The zero-order valence-electron chi connectivity index (χ0n) is 10.7. The second-order valence-corrected chi connectivity index (χ2v) is 5.75. The van der Waals surface area contributed by atoms with Gasteiger partial charge in [0.2, 0.25) is 0 Å². The Morgan fingerprint density at radius 1 is 0.938 bits per heavy atom. The highest BCUT2D eigenvalue weighted by Crippen LogP contribution is 2.32. The predicted octanol–water partition coefficient (Wildman–Crippen LogP) is 3.10. The Balaban J connectivity index is 1.86. The van der Waals surface area contributed by atoms with Gasteiger partial charge in [0.05, 0.1) is 12.2 Å². The third-order valence-electron chi connectivity index (χ3n) is 4.52. The second-order valence-electron chi connectivity index (χ2n) is 5.75. The first-order valence-corrected chi connectivity index (χ1v) is 7.16. The van der Waals surface area contributed by atoms with Crippen LogP contribution in [0.25, 0.3) is 0 Å². The van der Waals surface area contributed by atoms with E-state index in [-0.39, 0.29) is 0 Å². The molecular weight excluding hydrogens is 198 g/mol. The molecular formula is C14H27NO. The summed E-state index contributed by atoms with van der Waals surface area (Å²) >= 11 is 0. The molecule has 0 heterocycles. The molecule has 2 aliphatic carbocycles. The maximum absolute atomic E-state index is 6.37. The average molecular weight is 225 g/mol. The molecule has 0 spiro atoms. The monoisotopic (exact) mass is 225 g/mol. The molecule has 0 aromatic heterocycles. The fourth-order valence-electron chi connectivity index (χ4n) is 3.33. The van der Waals surface area contributed by atoms with Crippen molar-refractivity contribution in [2.24, 2.45) is 17.6 Å². The molecule has 4 atom stereocenters. The third-order valence-corrected chi connectivity index (χ3v) is 4.52. The fraction of sp³-hybridized carbons (Fsp3) is 1.00. The van der Waals surface area contributed by atoms with Crippen molar-refractivity contribution in [1.82, 2.24) is 0 Å². The Labute approximate surface area is 99.9 Å². The largest absolute Gasteiger partial charge is 0.374 e. The summed E-state index contributed by atoms with van der Waals surface area (Å²) in [6.07, 6.45) is 11.6. The van der Waals surface area contributed by atoms with Gasteiger partial charge in [0.25, 0.3) is 0 Å². The summed E-state index contributed by atoms with van der Waals surface area (Å²) in [5, 5.41) is 0. The van der Waals surface area contributed by atoms with Crippen LogP contribution >= 0.6 is 0 Å². The minimum absolute atomic E-state index is 0.462. The van der Waals surface area contributed by atoms with Crippen LogP contribution < -0.4 is 5.73 Å². The average Bonchev–Trinajstić information content (AvgIpc) is 2.33. The molecule has 0 aromatic carbocycles. The normalized spacial score (nSPS) is 40.9. The number of rotatable bonds is 3. The van der Waals surface area contributed by atoms with Crippen molar-refractivity contribution < 1.29 is 4.74 Å². The van der Waals surface area contributed by atoms with Crippen LogP contribution in [0, 0.1) is 11.8 Å². The molecule has 0 amide bonds. The minimum atomic E-state index is 0.462. The van der Waals surface area contributed by atoms with Crippen molar-refractivity contribution in [1.29, 1.82) is 0 Å². The standard InChI is InChI=1S/C14H27NO/c1-11-6-2-4-8-13(11)16-14-9-5-3-7-12(14)10-15/h11-14H,2-10,15H2,1H3. The molecule has 0 aliphatic heterocycles. The van der Waals surface area contributed by atoms with Gasteiger partial charge in [-0.05, 0) is 44.1 Å². The van der Waals surface area contributed by atoms with E-state index >= 15 is 0 Å². The molecule has 0 bridgehead atoms. The van der Waals surface area contributed by atoms with Crippen LogP contribution in [0.4, 0.5) is 0 Å². The van der Waals surface area contributed by atoms with Crippen molar-refractivity contribution in [2.75, 3.05) is 6.54 Å². The maximum Gasteiger partial charge on any atom is 0.0619 e. The summed E-state index contributed by atoms with van der Waals surface area (Å²) in [6, 6.07) is 0. The quantitative estimate of drug-likeness (QED) is 0.801. The number of hydrogen-bond donors (Lipinski definition) is 1. The molecule has 0 radical (unpaired) electrons. The van der Waals surface area contributed by atoms with Crippen molar-refractivity contribution >= 4 is 0 Å². The molecule has 2 heteroatoms. The minimum Gasteiger partial charge on any atom is -0.374 e. The van der Waals surface area contributed by atoms with Crippen LogP contribution in [0.1, 0.15) is 58.3 Å². The van der Waals surface area contributed by atoms with E-state index in [1.807, 2.05) is 0 Å². The first-order chi connectivity index (χ1) is 7.81. The third kappa shape index (κ3) is 2.98. The smallest absolute Gasteiger partial charge is 0.0619 e. The van der Waals surface area contributed by atoms with Gasteiger partial charge in [-0.3, -0.25) is 0 Å². The van der Waals surface area contributed by atoms with Crippen LogP contribution in [0.3, 0.4) is 0 Å².